The molecule has 0 bridgehead atoms. The van der Waals surface area contributed by atoms with Gasteiger partial charge in [0.05, 0.1) is 0 Å². The van der Waals surface area contributed by atoms with Gasteiger partial charge >= 0.3 is 0 Å². The van der Waals surface area contributed by atoms with Crippen molar-refractivity contribution in [1.82, 2.24) is 10.2 Å². The minimum Gasteiger partial charge on any atom is -0.144 e. The van der Waals surface area contributed by atoms with Crippen LogP contribution in [0.3, 0.4) is 0 Å². The number of hydrogen-bond acceptors (Lipinski definition) is 3. The molecule has 0 saturated heterocycles. The number of aromatic nitrogens is 2. The van der Waals surface area contributed by atoms with E-state index in [4.69, 9.17) is 23.2 Å². The van der Waals surface area contributed by atoms with Crippen LogP contribution >= 0.6 is 34.5 Å². The number of halogens is 2. The van der Waals surface area contributed by atoms with E-state index in [2.05, 4.69) is 10.2 Å². The topological polar surface area (TPSA) is 25.8 Å². The van der Waals surface area contributed by atoms with Crippen LogP contribution in [0.15, 0.2) is 24.3 Å². The highest BCUT2D eigenvalue weighted by Gasteiger charge is 2.05. The smallest absolute Gasteiger partial charge is 0.121 e. The molecule has 0 spiro atoms. The molecular weight excluding hydrogens is 275 g/mol. The van der Waals surface area contributed by atoms with Gasteiger partial charge in [0.1, 0.15) is 10.0 Å². The Bertz CT molecular complexity index is 485. The van der Waals surface area contributed by atoms with Gasteiger partial charge in [0.25, 0.3) is 0 Å². The van der Waals surface area contributed by atoms with E-state index in [0.29, 0.717) is 5.88 Å². The van der Waals surface area contributed by atoms with Crippen LogP contribution in [0.1, 0.15) is 22.0 Å². The van der Waals surface area contributed by atoms with E-state index in [1.807, 2.05) is 24.3 Å². The fourth-order valence-electron chi connectivity index (χ4n) is 1.50. The minimum absolute atomic E-state index is 0.670. The Kier molecular flexibility index (Phi) is 4.77. The van der Waals surface area contributed by atoms with Crippen molar-refractivity contribution in [3.63, 3.8) is 0 Å². The first kappa shape index (κ1) is 12.8. The summed E-state index contributed by atoms with van der Waals surface area (Å²) >= 11 is 13.2. The molecule has 0 atom stereocenters. The van der Waals surface area contributed by atoms with Crippen LogP contribution in [0.5, 0.6) is 0 Å². The van der Waals surface area contributed by atoms with Gasteiger partial charge in [-0.25, -0.2) is 0 Å². The van der Waals surface area contributed by atoms with Crippen molar-refractivity contribution in [2.75, 3.05) is 5.88 Å². The van der Waals surface area contributed by atoms with E-state index in [1.54, 1.807) is 11.3 Å². The van der Waals surface area contributed by atoms with Gasteiger partial charge in [-0.15, -0.1) is 33.1 Å². The fraction of sp³-hybridized carbons (Fsp3) is 0.333. The van der Waals surface area contributed by atoms with E-state index < -0.39 is 0 Å². The second-order valence-electron chi connectivity index (χ2n) is 3.69. The van der Waals surface area contributed by atoms with Crippen molar-refractivity contribution in [3.8, 4) is 0 Å². The van der Waals surface area contributed by atoms with E-state index in [-0.39, 0.29) is 0 Å². The van der Waals surface area contributed by atoms with E-state index in [9.17, 15) is 0 Å². The molecule has 0 aliphatic carbocycles. The third-order valence-electron chi connectivity index (χ3n) is 2.28. The molecule has 17 heavy (non-hydrogen) atoms. The van der Waals surface area contributed by atoms with Gasteiger partial charge in [0.2, 0.25) is 0 Å². The molecule has 2 aromatic rings. The number of alkyl halides is 1. The molecule has 90 valence electrons. The Morgan fingerprint density at radius 2 is 2.00 bits per heavy atom. The number of benzene rings is 1. The predicted octanol–water partition coefficient (Wildman–Crippen LogP) is 3.95. The molecule has 0 aliphatic heterocycles. The maximum atomic E-state index is 5.94. The van der Waals surface area contributed by atoms with Crippen LogP contribution in [-0.2, 0) is 12.8 Å². The molecule has 2 rings (SSSR count). The zero-order chi connectivity index (χ0) is 12.1. The Hall–Kier alpha value is -0.640. The quantitative estimate of drug-likeness (QED) is 0.778. The van der Waals surface area contributed by atoms with Crippen molar-refractivity contribution in [2.24, 2.45) is 0 Å². The first-order chi connectivity index (χ1) is 8.28. The van der Waals surface area contributed by atoms with Gasteiger partial charge in [-0.1, -0.05) is 23.7 Å². The summed E-state index contributed by atoms with van der Waals surface area (Å²) in [4.78, 5) is 0. The van der Waals surface area contributed by atoms with Crippen LogP contribution in [-0.4, -0.2) is 16.1 Å². The first-order valence-electron chi connectivity index (χ1n) is 5.39. The first-order valence-corrected chi connectivity index (χ1v) is 7.12. The zero-order valence-electron chi connectivity index (χ0n) is 9.20. The van der Waals surface area contributed by atoms with Crippen LogP contribution < -0.4 is 0 Å². The average molecular weight is 287 g/mol. The monoisotopic (exact) mass is 286 g/mol. The molecule has 2 nitrogen and oxygen atoms in total. The lowest BCUT2D eigenvalue weighted by Gasteiger charge is -1.97. The molecule has 0 unspecified atom stereocenters. The number of rotatable bonds is 5. The third kappa shape index (κ3) is 3.95. The minimum atomic E-state index is 0.670. The SMILES string of the molecule is ClCCCc1nnc(Cc2cccc(Cl)c2)s1. The molecule has 1 aromatic heterocycles. The molecular formula is C12H12Cl2N2S. The second-order valence-corrected chi connectivity index (χ2v) is 5.65. The summed E-state index contributed by atoms with van der Waals surface area (Å²) in [6, 6.07) is 7.83. The Morgan fingerprint density at radius 1 is 1.18 bits per heavy atom. The summed E-state index contributed by atoms with van der Waals surface area (Å²) in [7, 11) is 0. The van der Waals surface area contributed by atoms with Crippen molar-refractivity contribution < 1.29 is 0 Å². The lowest BCUT2D eigenvalue weighted by atomic mass is 10.2. The van der Waals surface area contributed by atoms with Gasteiger partial charge < -0.3 is 0 Å². The third-order valence-corrected chi connectivity index (χ3v) is 3.76. The number of nitrogens with zero attached hydrogens (tertiary/aromatic N) is 2. The summed E-state index contributed by atoms with van der Waals surface area (Å²) in [6.07, 6.45) is 2.66. The van der Waals surface area contributed by atoms with E-state index in [1.165, 1.54) is 0 Å². The standard InChI is InChI=1S/C12H12Cl2N2S/c13-6-2-5-11-15-16-12(17-11)8-9-3-1-4-10(14)7-9/h1,3-4,7H,2,5-6,8H2. The highest BCUT2D eigenvalue weighted by molar-refractivity contribution is 7.11. The molecule has 0 amide bonds. The number of hydrogen-bond donors (Lipinski definition) is 0. The summed E-state index contributed by atoms with van der Waals surface area (Å²) in [5.41, 5.74) is 1.16. The summed E-state index contributed by atoms with van der Waals surface area (Å²) in [5, 5.41) is 11.2. The summed E-state index contributed by atoms with van der Waals surface area (Å²) in [6.45, 7) is 0. The Balaban J connectivity index is 2.01. The average Bonchev–Trinajstić information content (AvgIpc) is 2.74. The van der Waals surface area contributed by atoms with Gasteiger partial charge in [-0.2, -0.15) is 0 Å². The maximum absolute atomic E-state index is 5.94. The Labute approximate surface area is 115 Å². The zero-order valence-corrected chi connectivity index (χ0v) is 11.5. The van der Waals surface area contributed by atoms with Gasteiger partial charge in [-0.05, 0) is 24.1 Å². The van der Waals surface area contributed by atoms with Crippen LogP contribution in [0, 0.1) is 0 Å². The number of aryl methyl sites for hydroxylation is 1. The second kappa shape index (κ2) is 6.34. The van der Waals surface area contributed by atoms with Crippen LogP contribution in [0.25, 0.3) is 0 Å². The van der Waals surface area contributed by atoms with Crippen LogP contribution in [0.4, 0.5) is 0 Å². The van der Waals surface area contributed by atoms with Gasteiger partial charge in [0.15, 0.2) is 0 Å². The maximum Gasteiger partial charge on any atom is 0.121 e. The predicted molar refractivity (Wildman–Crippen MR) is 73.2 cm³/mol. The van der Waals surface area contributed by atoms with Crippen molar-refractivity contribution in [3.05, 3.63) is 44.9 Å². The highest BCUT2D eigenvalue weighted by atomic mass is 35.5. The lowest BCUT2D eigenvalue weighted by molar-refractivity contribution is 0.874. The molecule has 1 heterocycles. The normalized spacial score (nSPS) is 10.7. The van der Waals surface area contributed by atoms with E-state index in [0.717, 1.165) is 39.9 Å². The molecule has 0 fully saturated rings. The summed E-state index contributed by atoms with van der Waals surface area (Å²) in [5.74, 6) is 0.670. The highest BCUT2D eigenvalue weighted by Crippen LogP contribution is 2.18. The summed E-state index contributed by atoms with van der Waals surface area (Å²) < 4.78 is 0. The van der Waals surface area contributed by atoms with Crippen molar-refractivity contribution in [2.45, 2.75) is 19.3 Å². The van der Waals surface area contributed by atoms with Crippen LogP contribution in [0.2, 0.25) is 5.02 Å². The van der Waals surface area contributed by atoms with Gasteiger partial charge in [-0.3, -0.25) is 0 Å². The molecule has 1 aromatic carbocycles. The van der Waals surface area contributed by atoms with Gasteiger partial charge in [0, 0.05) is 23.7 Å². The molecule has 0 radical (unpaired) electrons. The van der Waals surface area contributed by atoms with Crippen molar-refractivity contribution in [1.29, 1.82) is 0 Å². The molecule has 0 aliphatic rings. The molecule has 0 saturated carbocycles. The Morgan fingerprint density at radius 3 is 2.76 bits per heavy atom. The fourth-order valence-corrected chi connectivity index (χ4v) is 2.77. The van der Waals surface area contributed by atoms with E-state index >= 15 is 0 Å². The van der Waals surface area contributed by atoms with Crippen molar-refractivity contribution >= 4 is 34.5 Å². The largest absolute Gasteiger partial charge is 0.144 e. The molecule has 0 N–H and O–H groups in total. The molecule has 5 heteroatoms. The lowest BCUT2D eigenvalue weighted by Crippen LogP contribution is -1.86.